The normalized spacial score (nSPS) is 15.8. The van der Waals surface area contributed by atoms with Gasteiger partial charge >= 0.3 is 0 Å². The highest BCUT2D eigenvalue weighted by Crippen LogP contribution is 2.21. The third kappa shape index (κ3) is 3.91. The summed E-state index contributed by atoms with van der Waals surface area (Å²) in [5.41, 5.74) is 3.56. The summed E-state index contributed by atoms with van der Waals surface area (Å²) in [5.74, 6) is 1.06. The predicted molar refractivity (Wildman–Crippen MR) is 103 cm³/mol. The van der Waals surface area contributed by atoms with Gasteiger partial charge in [-0.25, -0.2) is 4.98 Å². The number of hydrogen-bond acceptors (Lipinski definition) is 5. The molecule has 6 nitrogen and oxygen atoms in total. The summed E-state index contributed by atoms with van der Waals surface area (Å²) in [6.07, 6.45) is 10.8. The minimum atomic E-state index is 0.968. The third-order valence-electron chi connectivity index (χ3n) is 4.84. The number of aryl methyl sites for hydroxylation is 1. The maximum atomic E-state index is 4.71. The molecule has 0 aromatic carbocycles. The Morgan fingerprint density at radius 3 is 2.54 bits per heavy atom. The quantitative estimate of drug-likeness (QED) is 0.725. The van der Waals surface area contributed by atoms with E-state index in [1.807, 2.05) is 48.6 Å². The molecule has 0 spiro atoms. The second-order valence-corrected chi connectivity index (χ2v) is 6.78. The van der Waals surface area contributed by atoms with Gasteiger partial charge in [0.1, 0.15) is 5.82 Å². The average molecular weight is 348 g/mol. The first-order valence-corrected chi connectivity index (χ1v) is 9.09. The number of hydrogen-bond donors (Lipinski definition) is 0. The van der Waals surface area contributed by atoms with E-state index < -0.39 is 0 Å². The molecule has 3 aromatic heterocycles. The zero-order valence-electron chi connectivity index (χ0n) is 15.1. The van der Waals surface area contributed by atoms with Crippen LogP contribution in [0.1, 0.15) is 12.0 Å². The van der Waals surface area contributed by atoms with Gasteiger partial charge in [-0.1, -0.05) is 0 Å². The van der Waals surface area contributed by atoms with Crippen molar-refractivity contribution in [2.24, 2.45) is 7.05 Å². The van der Waals surface area contributed by atoms with Crippen molar-refractivity contribution < 1.29 is 0 Å². The summed E-state index contributed by atoms with van der Waals surface area (Å²) in [4.78, 5) is 13.7. The number of anilines is 1. The molecule has 134 valence electrons. The van der Waals surface area contributed by atoms with Gasteiger partial charge in [0.15, 0.2) is 0 Å². The second-order valence-electron chi connectivity index (χ2n) is 6.78. The van der Waals surface area contributed by atoms with Gasteiger partial charge in [-0.05, 0) is 36.2 Å². The Labute approximate surface area is 154 Å². The monoisotopic (exact) mass is 348 g/mol. The molecule has 0 amide bonds. The molecule has 1 fully saturated rings. The Balaban J connectivity index is 1.39. The van der Waals surface area contributed by atoms with Crippen molar-refractivity contribution in [3.63, 3.8) is 0 Å². The fourth-order valence-corrected chi connectivity index (χ4v) is 3.46. The number of rotatable bonds is 4. The summed E-state index contributed by atoms with van der Waals surface area (Å²) in [6.45, 7) is 5.17. The maximum Gasteiger partial charge on any atom is 0.128 e. The minimum absolute atomic E-state index is 0.968. The molecule has 1 saturated heterocycles. The zero-order chi connectivity index (χ0) is 17.8. The number of pyridine rings is 2. The minimum Gasteiger partial charge on any atom is -0.355 e. The fraction of sp³-hybridized carbons (Fsp3) is 0.350. The van der Waals surface area contributed by atoms with E-state index >= 15 is 0 Å². The van der Waals surface area contributed by atoms with E-state index in [0.717, 1.165) is 56.1 Å². The van der Waals surface area contributed by atoms with E-state index in [9.17, 15) is 0 Å². The average Bonchev–Trinajstić information content (AvgIpc) is 2.95. The summed E-state index contributed by atoms with van der Waals surface area (Å²) in [5, 5.41) is 4.27. The Morgan fingerprint density at radius 1 is 0.923 bits per heavy atom. The molecule has 26 heavy (non-hydrogen) atoms. The lowest BCUT2D eigenvalue weighted by atomic mass is 10.1. The van der Waals surface area contributed by atoms with Crippen LogP contribution in [0.5, 0.6) is 0 Å². The van der Waals surface area contributed by atoms with Crippen molar-refractivity contribution in [3.05, 3.63) is 60.8 Å². The fourth-order valence-electron chi connectivity index (χ4n) is 3.46. The second kappa shape index (κ2) is 7.66. The van der Waals surface area contributed by atoms with Crippen molar-refractivity contribution in [2.45, 2.75) is 13.0 Å². The molecule has 0 unspecified atom stereocenters. The highest BCUT2D eigenvalue weighted by Gasteiger charge is 2.16. The van der Waals surface area contributed by atoms with Crippen LogP contribution in [0.25, 0.3) is 11.1 Å². The van der Waals surface area contributed by atoms with Gasteiger partial charge in [-0.2, -0.15) is 5.10 Å². The highest BCUT2D eigenvalue weighted by molar-refractivity contribution is 5.63. The molecule has 3 aromatic rings. The Bertz CT molecular complexity index is 827. The van der Waals surface area contributed by atoms with Crippen LogP contribution in [0.4, 0.5) is 5.82 Å². The molecule has 0 aliphatic carbocycles. The lowest BCUT2D eigenvalue weighted by molar-refractivity contribution is 0.285. The molecule has 0 bridgehead atoms. The molecule has 4 heterocycles. The van der Waals surface area contributed by atoms with E-state index in [1.54, 1.807) is 0 Å². The molecule has 4 rings (SSSR count). The maximum absolute atomic E-state index is 4.71. The van der Waals surface area contributed by atoms with Crippen LogP contribution in [0, 0.1) is 0 Å². The SMILES string of the molecule is Cn1cc(CN2CCCN(c3ccc(-c4ccncc4)cn3)CC2)cn1. The van der Waals surface area contributed by atoms with E-state index in [0.29, 0.717) is 0 Å². The van der Waals surface area contributed by atoms with Crippen molar-refractivity contribution in [3.8, 4) is 11.1 Å². The lowest BCUT2D eigenvalue weighted by Gasteiger charge is -2.22. The topological polar surface area (TPSA) is 50.1 Å². The first kappa shape index (κ1) is 16.7. The van der Waals surface area contributed by atoms with Crippen LogP contribution in [0.15, 0.2) is 55.2 Å². The van der Waals surface area contributed by atoms with Crippen molar-refractivity contribution in [1.82, 2.24) is 24.6 Å². The third-order valence-corrected chi connectivity index (χ3v) is 4.84. The molecule has 1 aliphatic rings. The van der Waals surface area contributed by atoms with Gasteiger partial charge in [-0.3, -0.25) is 14.6 Å². The van der Waals surface area contributed by atoms with Crippen LogP contribution in [-0.4, -0.2) is 50.8 Å². The molecule has 0 radical (unpaired) electrons. The van der Waals surface area contributed by atoms with Crippen LogP contribution < -0.4 is 4.90 Å². The Morgan fingerprint density at radius 2 is 1.81 bits per heavy atom. The van der Waals surface area contributed by atoms with Crippen LogP contribution in [0.2, 0.25) is 0 Å². The number of aromatic nitrogens is 4. The summed E-state index contributed by atoms with van der Waals surface area (Å²) < 4.78 is 1.87. The molecule has 6 heteroatoms. The van der Waals surface area contributed by atoms with Gasteiger partial charge < -0.3 is 4.90 Å². The molecule has 0 atom stereocenters. The van der Waals surface area contributed by atoms with Gasteiger partial charge in [0, 0.05) is 75.7 Å². The van der Waals surface area contributed by atoms with Crippen molar-refractivity contribution >= 4 is 5.82 Å². The van der Waals surface area contributed by atoms with Gasteiger partial charge in [-0.15, -0.1) is 0 Å². The molecular formula is C20H24N6. The zero-order valence-corrected chi connectivity index (χ0v) is 15.1. The molecular weight excluding hydrogens is 324 g/mol. The van der Waals surface area contributed by atoms with E-state index in [-0.39, 0.29) is 0 Å². The van der Waals surface area contributed by atoms with Gasteiger partial charge in [0.25, 0.3) is 0 Å². The standard InChI is InChI=1S/C20H24N6/c1-24-15-17(13-23-24)16-25-9-2-10-26(12-11-25)20-4-3-19(14-22-20)18-5-7-21-8-6-18/h3-8,13-15H,2,9-12,16H2,1H3. The summed E-state index contributed by atoms with van der Waals surface area (Å²) in [7, 11) is 1.97. The van der Waals surface area contributed by atoms with Gasteiger partial charge in [0.05, 0.1) is 6.20 Å². The Hall–Kier alpha value is -2.73. The first-order chi connectivity index (χ1) is 12.8. The smallest absolute Gasteiger partial charge is 0.128 e. The van der Waals surface area contributed by atoms with E-state index in [4.69, 9.17) is 4.98 Å². The summed E-state index contributed by atoms with van der Waals surface area (Å²) in [6, 6.07) is 8.31. The van der Waals surface area contributed by atoms with E-state index in [1.165, 1.54) is 5.56 Å². The van der Waals surface area contributed by atoms with Crippen LogP contribution in [0.3, 0.4) is 0 Å². The lowest BCUT2D eigenvalue weighted by Crippen LogP contribution is -2.30. The highest BCUT2D eigenvalue weighted by atomic mass is 15.3. The summed E-state index contributed by atoms with van der Waals surface area (Å²) >= 11 is 0. The van der Waals surface area contributed by atoms with Crippen molar-refractivity contribution in [2.75, 3.05) is 31.1 Å². The largest absolute Gasteiger partial charge is 0.355 e. The molecule has 1 aliphatic heterocycles. The first-order valence-electron chi connectivity index (χ1n) is 9.09. The Kier molecular flexibility index (Phi) is 4.93. The van der Waals surface area contributed by atoms with Crippen LogP contribution in [-0.2, 0) is 13.6 Å². The van der Waals surface area contributed by atoms with Gasteiger partial charge in [0.2, 0.25) is 0 Å². The van der Waals surface area contributed by atoms with Crippen LogP contribution >= 0.6 is 0 Å². The molecule has 0 saturated carbocycles. The number of nitrogens with zero attached hydrogens (tertiary/aromatic N) is 6. The predicted octanol–water partition coefficient (Wildman–Crippen LogP) is 2.59. The molecule has 0 N–H and O–H groups in total. The van der Waals surface area contributed by atoms with E-state index in [2.05, 4.69) is 38.2 Å². The van der Waals surface area contributed by atoms with Crippen molar-refractivity contribution in [1.29, 1.82) is 0 Å².